The summed E-state index contributed by atoms with van der Waals surface area (Å²) < 4.78 is 4.81. The number of nitrogens with one attached hydrogen (secondary N) is 1. The number of methoxy groups -OCH3 is 1. The molecule has 0 aliphatic rings. The number of ether oxygens (including phenoxy) is 1. The molecule has 0 spiro atoms. The van der Waals surface area contributed by atoms with E-state index in [1.807, 2.05) is 0 Å². The summed E-state index contributed by atoms with van der Waals surface area (Å²) in [6.07, 6.45) is 0. The van der Waals surface area contributed by atoms with Gasteiger partial charge in [0.1, 0.15) is 0 Å². The van der Waals surface area contributed by atoms with Gasteiger partial charge in [0.05, 0.1) is 26.4 Å². The van der Waals surface area contributed by atoms with Gasteiger partial charge in [0, 0.05) is 26.7 Å². The van der Waals surface area contributed by atoms with Gasteiger partial charge in [-0.2, -0.15) is 0 Å². The fourth-order valence-corrected chi connectivity index (χ4v) is 1.08. The lowest BCUT2D eigenvalue weighted by Crippen LogP contribution is -2.41. The molecule has 0 aromatic carbocycles. The number of hydrogen-bond donors (Lipinski definition) is 3. The zero-order valence-corrected chi connectivity index (χ0v) is 9.11. The molecular formula is C9H20N2O4. The van der Waals surface area contributed by atoms with Crippen molar-refractivity contribution < 1.29 is 19.7 Å². The van der Waals surface area contributed by atoms with Crippen molar-refractivity contribution in [2.45, 2.75) is 0 Å². The van der Waals surface area contributed by atoms with Crippen LogP contribution in [-0.4, -0.2) is 74.1 Å². The summed E-state index contributed by atoms with van der Waals surface area (Å²) in [4.78, 5) is 12.9. The van der Waals surface area contributed by atoms with Crippen LogP contribution >= 0.6 is 0 Å². The molecule has 15 heavy (non-hydrogen) atoms. The molecule has 0 atom stereocenters. The molecular weight excluding hydrogens is 200 g/mol. The molecule has 0 aliphatic heterocycles. The van der Waals surface area contributed by atoms with Gasteiger partial charge in [-0.25, -0.2) is 0 Å². The highest BCUT2D eigenvalue weighted by molar-refractivity contribution is 5.78. The first-order valence-corrected chi connectivity index (χ1v) is 4.95. The van der Waals surface area contributed by atoms with Gasteiger partial charge in [-0.1, -0.05) is 0 Å². The largest absolute Gasteiger partial charge is 0.395 e. The molecule has 6 nitrogen and oxygen atoms in total. The van der Waals surface area contributed by atoms with Crippen molar-refractivity contribution in [2.24, 2.45) is 0 Å². The molecule has 0 aromatic rings. The number of carbonyl (C=O) groups excluding carboxylic acids is 1. The molecule has 0 bridgehead atoms. The maximum absolute atomic E-state index is 11.5. The summed E-state index contributed by atoms with van der Waals surface area (Å²) in [6.45, 7) is 1.68. The number of aliphatic hydroxyl groups is 2. The molecule has 90 valence electrons. The smallest absolute Gasteiger partial charge is 0.236 e. The van der Waals surface area contributed by atoms with Crippen LogP contribution in [0.3, 0.4) is 0 Å². The van der Waals surface area contributed by atoms with Crippen LogP contribution < -0.4 is 5.32 Å². The lowest BCUT2D eigenvalue weighted by atomic mass is 10.4. The highest BCUT2D eigenvalue weighted by atomic mass is 16.5. The van der Waals surface area contributed by atoms with Gasteiger partial charge in [-0.05, 0) is 0 Å². The van der Waals surface area contributed by atoms with E-state index < -0.39 is 0 Å². The van der Waals surface area contributed by atoms with Crippen molar-refractivity contribution in [3.8, 4) is 0 Å². The van der Waals surface area contributed by atoms with Gasteiger partial charge < -0.3 is 25.2 Å². The Morgan fingerprint density at radius 3 is 2.40 bits per heavy atom. The van der Waals surface area contributed by atoms with E-state index in [0.29, 0.717) is 13.2 Å². The van der Waals surface area contributed by atoms with E-state index in [4.69, 9.17) is 14.9 Å². The first-order chi connectivity index (χ1) is 7.26. The molecule has 0 unspecified atom stereocenters. The molecule has 0 radical (unpaired) electrons. The first kappa shape index (κ1) is 14.3. The van der Waals surface area contributed by atoms with E-state index >= 15 is 0 Å². The van der Waals surface area contributed by atoms with Gasteiger partial charge in [0.15, 0.2) is 0 Å². The van der Waals surface area contributed by atoms with Crippen LogP contribution in [0.15, 0.2) is 0 Å². The van der Waals surface area contributed by atoms with Gasteiger partial charge in [-0.3, -0.25) is 4.79 Å². The second-order valence-corrected chi connectivity index (χ2v) is 3.00. The Bertz CT molecular complexity index is 160. The van der Waals surface area contributed by atoms with Gasteiger partial charge in [-0.15, -0.1) is 0 Å². The summed E-state index contributed by atoms with van der Waals surface area (Å²) in [5.41, 5.74) is 0. The van der Waals surface area contributed by atoms with E-state index in [1.165, 1.54) is 4.90 Å². The second kappa shape index (κ2) is 9.85. The SMILES string of the molecule is COCCNCC(=O)N(CCO)CCO. The lowest BCUT2D eigenvalue weighted by Gasteiger charge is -2.20. The molecule has 0 aromatic heterocycles. The normalized spacial score (nSPS) is 10.3. The summed E-state index contributed by atoms with van der Waals surface area (Å²) in [7, 11) is 1.59. The van der Waals surface area contributed by atoms with Crippen LogP contribution in [-0.2, 0) is 9.53 Å². The van der Waals surface area contributed by atoms with Crippen molar-refractivity contribution in [2.75, 3.05) is 53.1 Å². The Morgan fingerprint density at radius 2 is 1.93 bits per heavy atom. The van der Waals surface area contributed by atoms with Crippen LogP contribution in [0.2, 0.25) is 0 Å². The molecule has 3 N–H and O–H groups in total. The fraction of sp³-hybridized carbons (Fsp3) is 0.889. The topological polar surface area (TPSA) is 82.0 Å². The van der Waals surface area contributed by atoms with Gasteiger partial charge in [0.2, 0.25) is 5.91 Å². The minimum atomic E-state index is -0.130. The molecule has 0 saturated heterocycles. The summed E-state index contributed by atoms with van der Waals surface area (Å²) in [6, 6.07) is 0. The molecule has 0 heterocycles. The van der Waals surface area contributed by atoms with Crippen LogP contribution in [0.4, 0.5) is 0 Å². The summed E-state index contributed by atoms with van der Waals surface area (Å²) in [5, 5.41) is 20.3. The minimum absolute atomic E-state index is 0.0934. The molecule has 0 saturated carbocycles. The molecule has 1 amide bonds. The van der Waals surface area contributed by atoms with Crippen LogP contribution in [0, 0.1) is 0 Å². The number of nitrogens with zero attached hydrogens (tertiary/aromatic N) is 1. The highest BCUT2D eigenvalue weighted by Gasteiger charge is 2.10. The predicted molar refractivity (Wildman–Crippen MR) is 55.5 cm³/mol. The lowest BCUT2D eigenvalue weighted by molar-refractivity contribution is -0.131. The maximum atomic E-state index is 11.5. The third-order valence-corrected chi connectivity index (χ3v) is 1.85. The third kappa shape index (κ3) is 7.26. The Morgan fingerprint density at radius 1 is 1.33 bits per heavy atom. The van der Waals surface area contributed by atoms with E-state index in [-0.39, 0.29) is 38.8 Å². The first-order valence-electron chi connectivity index (χ1n) is 4.95. The Kier molecular flexibility index (Phi) is 9.40. The number of aliphatic hydroxyl groups excluding tert-OH is 2. The van der Waals surface area contributed by atoms with E-state index in [9.17, 15) is 4.79 Å². The Hall–Kier alpha value is -0.690. The molecule has 0 fully saturated rings. The Labute approximate surface area is 89.8 Å². The number of hydrogen-bond acceptors (Lipinski definition) is 5. The standard InChI is InChI=1S/C9H20N2O4/c1-15-7-2-10-8-9(14)11(3-5-12)4-6-13/h10,12-13H,2-8H2,1H3. The zero-order chi connectivity index (χ0) is 11.5. The van der Waals surface area contributed by atoms with Crippen molar-refractivity contribution >= 4 is 5.91 Å². The average molecular weight is 220 g/mol. The van der Waals surface area contributed by atoms with Crippen molar-refractivity contribution in [1.82, 2.24) is 10.2 Å². The highest BCUT2D eigenvalue weighted by Crippen LogP contribution is 1.87. The summed E-state index contributed by atoms with van der Waals surface area (Å²) >= 11 is 0. The fourth-order valence-electron chi connectivity index (χ4n) is 1.08. The zero-order valence-electron chi connectivity index (χ0n) is 9.11. The van der Waals surface area contributed by atoms with Gasteiger partial charge in [0.25, 0.3) is 0 Å². The van der Waals surface area contributed by atoms with Crippen molar-refractivity contribution in [3.63, 3.8) is 0 Å². The van der Waals surface area contributed by atoms with E-state index in [0.717, 1.165) is 0 Å². The number of rotatable bonds is 9. The third-order valence-electron chi connectivity index (χ3n) is 1.85. The van der Waals surface area contributed by atoms with E-state index in [2.05, 4.69) is 5.32 Å². The van der Waals surface area contributed by atoms with Crippen molar-refractivity contribution in [1.29, 1.82) is 0 Å². The minimum Gasteiger partial charge on any atom is -0.395 e. The van der Waals surface area contributed by atoms with Crippen LogP contribution in [0.25, 0.3) is 0 Å². The maximum Gasteiger partial charge on any atom is 0.236 e. The molecule has 6 heteroatoms. The summed E-state index contributed by atoms with van der Waals surface area (Å²) in [5.74, 6) is -0.130. The Balaban J connectivity index is 3.70. The number of amides is 1. The van der Waals surface area contributed by atoms with Gasteiger partial charge >= 0.3 is 0 Å². The molecule has 0 rings (SSSR count). The van der Waals surface area contributed by atoms with Crippen LogP contribution in [0.1, 0.15) is 0 Å². The molecule has 0 aliphatic carbocycles. The second-order valence-electron chi connectivity index (χ2n) is 3.00. The predicted octanol–water partition coefficient (Wildman–Crippen LogP) is -1.96. The monoisotopic (exact) mass is 220 g/mol. The van der Waals surface area contributed by atoms with E-state index in [1.54, 1.807) is 7.11 Å². The number of carbonyl (C=O) groups is 1. The van der Waals surface area contributed by atoms with Crippen molar-refractivity contribution in [3.05, 3.63) is 0 Å². The van der Waals surface area contributed by atoms with Crippen LogP contribution in [0.5, 0.6) is 0 Å². The average Bonchev–Trinajstić information content (AvgIpc) is 2.24. The quantitative estimate of drug-likeness (QED) is 0.393.